The second-order valence-electron chi connectivity index (χ2n) is 3.53. The van der Waals surface area contributed by atoms with E-state index in [2.05, 4.69) is 0 Å². The number of alkyl halides is 2. The number of hydrogen-bond acceptors (Lipinski definition) is 4. The van der Waals surface area contributed by atoms with Gasteiger partial charge in [0.2, 0.25) is 3.67 Å². The summed E-state index contributed by atoms with van der Waals surface area (Å²) in [6.07, 6.45) is -1.53. The molecule has 0 heterocycles. The summed E-state index contributed by atoms with van der Waals surface area (Å²) in [5.74, 6) is -0.258. The lowest BCUT2D eigenvalue weighted by molar-refractivity contribution is 0.181. The topological polar surface area (TPSA) is 80.4 Å². The standard InChI is InChI=1S/C10H13Cl2NO3S/c1-2-17(15,16)10(11,12)9(14)7-3-5-8(13)6-4-7/h3-6,9,14H,2,13H2,1H3/t9-/m0/s1. The van der Waals surface area contributed by atoms with E-state index in [0.29, 0.717) is 11.3 Å². The first kappa shape index (κ1) is 14.6. The molecule has 0 bridgehead atoms. The van der Waals surface area contributed by atoms with Crippen molar-refractivity contribution in [2.24, 2.45) is 0 Å². The van der Waals surface area contributed by atoms with Crippen LogP contribution < -0.4 is 5.73 Å². The van der Waals surface area contributed by atoms with Crippen LogP contribution in [0.25, 0.3) is 0 Å². The number of rotatable bonds is 4. The Morgan fingerprint density at radius 2 is 1.82 bits per heavy atom. The first-order chi connectivity index (χ1) is 7.72. The first-order valence-corrected chi connectivity index (χ1v) is 7.26. The van der Waals surface area contributed by atoms with Crippen molar-refractivity contribution in [1.82, 2.24) is 0 Å². The highest BCUT2D eigenvalue weighted by atomic mass is 35.5. The second kappa shape index (κ2) is 5.02. The van der Waals surface area contributed by atoms with Gasteiger partial charge in [0.05, 0.1) is 5.75 Å². The molecule has 1 aromatic carbocycles. The van der Waals surface area contributed by atoms with Crippen LogP contribution in [-0.4, -0.2) is 22.9 Å². The molecule has 0 saturated carbocycles. The van der Waals surface area contributed by atoms with Crippen molar-refractivity contribution in [1.29, 1.82) is 0 Å². The van der Waals surface area contributed by atoms with E-state index in [4.69, 9.17) is 28.9 Å². The lowest BCUT2D eigenvalue weighted by Gasteiger charge is -2.25. The first-order valence-electron chi connectivity index (χ1n) is 4.86. The molecule has 0 unspecified atom stereocenters. The van der Waals surface area contributed by atoms with Crippen molar-refractivity contribution in [2.45, 2.75) is 16.7 Å². The van der Waals surface area contributed by atoms with Crippen LogP contribution in [0.1, 0.15) is 18.6 Å². The summed E-state index contributed by atoms with van der Waals surface area (Å²) in [4.78, 5) is 0. The normalized spacial score (nSPS) is 14.6. The van der Waals surface area contributed by atoms with E-state index in [-0.39, 0.29) is 5.75 Å². The Labute approximate surface area is 110 Å². The quantitative estimate of drug-likeness (QED) is 0.657. The maximum absolute atomic E-state index is 11.7. The molecule has 17 heavy (non-hydrogen) atoms. The van der Waals surface area contributed by atoms with E-state index in [9.17, 15) is 13.5 Å². The van der Waals surface area contributed by atoms with Crippen LogP contribution in [0.15, 0.2) is 24.3 Å². The molecular formula is C10H13Cl2NO3S. The highest BCUT2D eigenvalue weighted by Crippen LogP contribution is 2.41. The zero-order valence-electron chi connectivity index (χ0n) is 9.10. The SMILES string of the molecule is CCS(=O)(=O)C(Cl)(Cl)[C@@H](O)c1ccc(N)cc1. The summed E-state index contributed by atoms with van der Waals surface area (Å²) in [7, 11) is -3.81. The number of nitrogens with two attached hydrogens (primary N) is 1. The Hall–Kier alpha value is -0.490. The van der Waals surface area contributed by atoms with Gasteiger partial charge in [-0.25, -0.2) is 8.42 Å². The van der Waals surface area contributed by atoms with Gasteiger partial charge >= 0.3 is 0 Å². The second-order valence-corrected chi connectivity index (χ2v) is 7.82. The van der Waals surface area contributed by atoms with Crippen molar-refractivity contribution >= 4 is 38.7 Å². The molecule has 4 nitrogen and oxygen atoms in total. The molecule has 96 valence electrons. The fourth-order valence-corrected chi connectivity index (χ4v) is 3.00. The molecule has 0 aliphatic carbocycles. The van der Waals surface area contributed by atoms with Gasteiger partial charge in [-0.2, -0.15) is 0 Å². The van der Waals surface area contributed by atoms with Gasteiger partial charge < -0.3 is 10.8 Å². The Morgan fingerprint density at radius 3 is 2.24 bits per heavy atom. The predicted molar refractivity (Wildman–Crippen MR) is 69.7 cm³/mol. The Kier molecular flexibility index (Phi) is 4.30. The molecule has 0 radical (unpaired) electrons. The van der Waals surface area contributed by atoms with Crippen LogP contribution in [0.3, 0.4) is 0 Å². The Morgan fingerprint density at radius 1 is 1.35 bits per heavy atom. The van der Waals surface area contributed by atoms with E-state index in [0.717, 1.165) is 0 Å². The van der Waals surface area contributed by atoms with E-state index in [1.165, 1.54) is 31.2 Å². The maximum atomic E-state index is 11.7. The lowest BCUT2D eigenvalue weighted by Crippen LogP contribution is -2.34. The summed E-state index contributed by atoms with van der Waals surface area (Å²) in [6.45, 7) is 1.41. The highest BCUT2D eigenvalue weighted by Gasteiger charge is 2.46. The van der Waals surface area contributed by atoms with Crippen LogP contribution in [-0.2, 0) is 9.84 Å². The maximum Gasteiger partial charge on any atom is 0.247 e. The lowest BCUT2D eigenvalue weighted by atomic mass is 10.1. The molecule has 1 atom stereocenters. The van der Waals surface area contributed by atoms with Gasteiger partial charge in [0.1, 0.15) is 6.10 Å². The molecule has 0 spiro atoms. The van der Waals surface area contributed by atoms with Crippen molar-refractivity contribution in [2.75, 3.05) is 11.5 Å². The van der Waals surface area contributed by atoms with Crippen LogP contribution in [0.5, 0.6) is 0 Å². The summed E-state index contributed by atoms with van der Waals surface area (Å²) >= 11 is 11.5. The van der Waals surface area contributed by atoms with Crippen molar-refractivity contribution < 1.29 is 13.5 Å². The molecule has 7 heteroatoms. The fraction of sp³-hybridized carbons (Fsp3) is 0.400. The molecule has 0 fully saturated rings. The highest BCUT2D eigenvalue weighted by molar-refractivity contribution is 7.95. The van der Waals surface area contributed by atoms with Gasteiger partial charge in [-0.05, 0) is 17.7 Å². The molecule has 0 aliphatic heterocycles. The smallest absolute Gasteiger partial charge is 0.247 e. The number of halogens is 2. The minimum atomic E-state index is -3.81. The van der Waals surface area contributed by atoms with Gasteiger partial charge in [-0.15, -0.1) is 0 Å². The number of aliphatic hydroxyl groups is 1. The van der Waals surface area contributed by atoms with E-state index in [1.807, 2.05) is 0 Å². The molecule has 0 saturated heterocycles. The van der Waals surface area contributed by atoms with Crippen molar-refractivity contribution in [3.63, 3.8) is 0 Å². The third kappa shape index (κ3) is 2.85. The van der Waals surface area contributed by atoms with Crippen molar-refractivity contribution in [3.8, 4) is 0 Å². The zero-order valence-corrected chi connectivity index (χ0v) is 11.4. The van der Waals surface area contributed by atoms with Crippen LogP contribution >= 0.6 is 23.2 Å². The average molecular weight is 298 g/mol. The number of hydrogen-bond donors (Lipinski definition) is 2. The molecule has 3 N–H and O–H groups in total. The number of benzene rings is 1. The fourth-order valence-electron chi connectivity index (χ4n) is 1.23. The monoisotopic (exact) mass is 297 g/mol. The van der Waals surface area contributed by atoms with E-state index >= 15 is 0 Å². The van der Waals surface area contributed by atoms with Crippen LogP contribution in [0.4, 0.5) is 5.69 Å². The largest absolute Gasteiger partial charge is 0.399 e. The number of sulfone groups is 1. The van der Waals surface area contributed by atoms with Gasteiger partial charge in [0.15, 0.2) is 9.84 Å². The summed E-state index contributed by atoms with van der Waals surface area (Å²) in [5.41, 5.74) is 6.27. The van der Waals surface area contributed by atoms with Gasteiger partial charge in [-0.1, -0.05) is 42.3 Å². The average Bonchev–Trinajstić information content (AvgIpc) is 2.28. The third-order valence-electron chi connectivity index (χ3n) is 2.37. The predicted octanol–water partition coefficient (Wildman–Crippen LogP) is 1.87. The van der Waals surface area contributed by atoms with Crippen molar-refractivity contribution in [3.05, 3.63) is 29.8 Å². The molecule has 1 rings (SSSR count). The third-order valence-corrected chi connectivity index (χ3v) is 6.00. The molecule has 0 aromatic heterocycles. The number of aliphatic hydroxyl groups excluding tert-OH is 1. The van der Waals surface area contributed by atoms with Gasteiger partial charge in [0.25, 0.3) is 0 Å². The van der Waals surface area contributed by atoms with E-state index < -0.39 is 19.6 Å². The van der Waals surface area contributed by atoms with Gasteiger partial charge in [-0.3, -0.25) is 0 Å². The summed E-state index contributed by atoms with van der Waals surface area (Å²) in [6, 6.07) is 6.01. The minimum absolute atomic E-state index is 0.258. The Balaban J connectivity index is 3.12. The molecular weight excluding hydrogens is 285 g/mol. The molecule has 0 amide bonds. The number of anilines is 1. The Bertz CT molecular complexity index is 485. The molecule has 0 aliphatic rings. The number of nitrogen functional groups attached to an aromatic ring is 1. The van der Waals surface area contributed by atoms with E-state index in [1.54, 1.807) is 0 Å². The summed E-state index contributed by atoms with van der Waals surface area (Å²) < 4.78 is 21.0. The molecule has 1 aromatic rings. The van der Waals surface area contributed by atoms with Crippen LogP contribution in [0, 0.1) is 0 Å². The minimum Gasteiger partial charge on any atom is -0.399 e. The van der Waals surface area contributed by atoms with Crippen LogP contribution in [0.2, 0.25) is 0 Å². The zero-order chi connectivity index (χ0) is 13.3. The summed E-state index contributed by atoms with van der Waals surface area (Å²) in [5, 5.41) is 9.92. The van der Waals surface area contributed by atoms with Gasteiger partial charge in [0, 0.05) is 5.69 Å².